The SMILES string of the molecule is CC(C)(C)NC(=O)[C@]1(NC(=O)c2ccccn2)C[C@@H](c2ccccc2)CN(C(=O)OC(C)(C)C)C1. The van der Waals surface area contributed by atoms with Crippen LogP contribution in [0.4, 0.5) is 4.79 Å². The quantitative estimate of drug-likeness (QED) is 0.692. The highest BCUT2D eigenvalue weighted by Crippen LogP contribution is 2.34. The Morgan fingerprint density at radius 2 is 1.66 bits per heavy atom. The minimum absolute atomic E-state index is 0.0221. The molecule has 2 aromatic rings. The second-order valence-electron chi connectivity index (χ2n) is 11.1. The number of aromatic nitrogens is 1. The van der Waals surface area contributed by atoms with Crippen LogP contribution in [0.2, 0.25) is 0 Å². The molecule has 35 heavy (non-hydrogen) atoms. The molecule has 0 bridgehead atoms. The first kappa shape index (κ1) is 26.2. The molecule has 0 radical (unpaired) electrons. The molecule has 1 aliphatic heterocycles. The molecule has 8 heteroatoms. The van der Waals surface area contributed by atoms with Gasteiger partial charge in [0.05, 0.1) is 6.54 Å². The van der Waals surface area contributed by atoms with Crippen molar-refractivity contribution in [1.82, 2.24) is 20.5 Å². The third-order valence-electron chi connectivity index (χ3n) is 5.59. The number of ether oxygens (including phenoxy) is 1. The molecule has 1 fully saturated rings. The molecule has 8 nitrogen and oxygen atoms in total. The van der Waals surface area contributed by atoms with Gasteiger partial charge in [-0.15, -0.1) is 0 Å². The summed E-state index contributed by atoms with van der Waals surface area (Å²) < 4.78 is 5.66. The lowest BCUT2D eigenvalue weighted by atomic mass is 9.78. The van der Waals surface area contributed by atoms with Gasteiger partial charge < -0.3 is 20.3 Å². The van der Waals surface area contributed by atoms with Crippen molar-refractivity contribution >= 4 is 17.9 Å². The van der Waals surface area contributed by atoms with E-state index in [9.17, 15) is 14.4 Å². The third-order valence-corrected chi connectivity index (χ3v) is 5.59. The molecule has 2 atom stereocenters. The largest absolute Gasteiger partial charge is 0.444 e. The zero-order chi connectivity index (χ0) is 25.9. The van der Waals surface area contributed by atoms with E-state index in [1.165, 1.54) is 11.1 Å². The van der Waals surface area contributed by atoms with Crippen molar-refractivity contribution in [2.45, 2.75) is 70.6 Å². The number of hydrogen-bond acceptors (Lipinski definition) is 5. The van der Waals surface area contributed by atoms with Crippen LogP contribution in [-0.2, 0) is 9.53 Å². The number of carbonyl (C=O) groups excluding carboxylic acids is 3. The highest BCUT2D eigenvalue weighted by Gasteiger charge is 2.50. The number of nitrogens with zero attached hydrogens (tertiary/aromatic N) is 2. The number of piperidine rings is 1. The molecular weight excluding hydrogens is 444 g/mol. The molecule has 0 aliphatic carbocycles. The van der Waals surface area contributed by atoms with Crippen molar-refractivity contribution < 1.29 is 19.1 Å². The first-order valence-electron chi connectivity index (χ1n) is 11.9. The summed E-state index contributed by atoms with van der Waals surface area (Å²) in [7, 11) is 0. The highest BCUT2D eigenvalue weighted by molar-refractivity contribution is 5.98. The molecule has 188 valence electrons. The maximum absolute atomic E-state index is 13.8. The summed E-state index contributed by atoms with van der Waals surface area (Å²) in [5, 5.41) is 5.97. The molecule has 2 heterocycles. The zero-order valence-corrected chi connectivity index (χ0v) is 21.4. The Labute approximate surface area is 207 Å². The lowest BCUT2D eigenvalue weighted by Crippen LogP contribution is -2.69. The standard InChI is InChI=1S/C27H36N4O4/c1-25(2,3)30-23(33)27(29-22(32)21-14-10-11-15-28-21)16-20(19-12-8-7-9-13-19)17-31(18-27)24(34)35-26(4,5)6/h7-15,20H,16-18H2,1-6H3,(H,29,32)(H,30,33)/t20-,27+/m1/s1. The number of nitrogens with one attached hydrogen (secondary N) is 2. The minimum atomic E-state index is -1.39. The van der Waals surface area contributed by atoms with Crippen LogP contribution in [0, 0.1) is 0 Å². The first-order valence-corrected chi connectivity index (χ1v) is 11.9. The average Bonchev–Trinajstić information content (AvgIpc) is 2.77. The summed E-state index contributed by atoms with van der Waals surface area (Å²) in [5.74, 6) is -1.04. The van der Waals surface area contributed by atoms with E-state index < -0.39 is 28.7 Å². The van der Waals surface area contributed by atoms with E-state index in [-0.39, 0.29) is 24.1 Å². The van der Waals surface area contributed by atoms with Crippen molar-refractivity contribution in [3.63, 3.8) is 0 Å². The maximum Gasteiger partial charge on any atom is 0.410 e. The summed E-state index contributed by atoms with van der Waals surface area (Å²) in [4.78, 5) is 45.9. The van der Waals surface area contributed by atoms with Gasteiger partial charge >= 0.3 is 6.09 Å². The van der Waals surface area contributed by atoms with Gasteiger partial charge in [0.25, 0.3) is 5.91 Å². The van der Waals surface area contributed by atoms with Gasteiger partial charge in [0.1, 0.15) is 16.8 Å². The summed E-state index contributed by atoms with van der Waals surface area (Å²) in [5.41, 5.74) is -1.47. The predicted molar refractivity (Wildman–Crippen MR) is 134 cm³/mol. The zero-order valence-electron chi connectivity index (χ0n) is 21.4. The van der Waals surface area contributed by atoms with Crippen LogP contribution in [0.5, 0.6) is 0 Å². The molecule has 0 spiro atoms. The molecule has 3 rings (SSSR count). The Morgan fingerprint density at radius 3 is 2.23 bits per heavy atom. The summed E-state index contributed by atoms with van der Waals surface area (Å²) in [6, 6.07) is 14.7. The molecule has 0 saturated carbocycles. The number of pyridine rings is 1. The molecule has 1 aliphatic rings. The average molecular weight is 481 g/mol. The summed E-state index contributed by atoms with van der Waals surface area (Å²) in [6.45, 7) is 11.4. The summed E-state index contributed by atoms with van der Waals surface area (Å²) in [6.07, 6.45) is 1.31. The van der Waals surface area contributed by atoms with Crippen LogP contribution in [-0.4, -0.2) is 57.6 Å². The second-order valence-corrected chi connectivity index (χ2v) is 11.1. The number of carbonyl (C=O) groups is 3. The number of benzene rings is 1. The Balaban J connectivity index is 2.05. The van der Waals surface area contributed by atoms with Crippen molar-refractivity contribution in [2.24, 2.45) is 0 Å². The van der Waals surface area contributed by atoms with Crippen molar-refractivity contribution in [3.8, 4) is 0 Å². The molecule has 1 aromatic carbocycles. The van der Waals surface area contributed by atoms with E-state index in [1.54, 1.807) is 39.0 Å². The Kier molecular flexibility index (Phi) is 7.53. The van der Waals surface area contributed by atoms with E-state index in [1.807, 2.05) is 51.1 Å². The van der Waals surface area contributed by atoms with Gasteiger partial charge in [0.2, 0.25) is 5.91 Å². The maximum atomic E-state index is 13.8. The van der Waals surface area contributed by atoms with Gasteiger partial charge in [-0.25, -0.2) is 4.79 Å². The van der Waals surface area contributed by atoms with Gasteiger partial charge in [0, 0.05) is 24.2 Å². The smallest absolute Gasteiger partial charge is 0.410 e. The molecule has 0 unspecified atom stereocenters. The third kappa shape index (κ3) is 7.04. The van der Waals surface area contributed by atoms with Crippen molar-refractivity contribution in [1.29, 1.82) is 0 Å². The van der Waals surface area contributed by atoms with E-state index in [0.717, 1.165) is 5.56 Å². The van der Waals surface area contributed by atoms with Gasteiger partial charge in [0.15, 0.2) is 0 Å². The fraction of sp³-hybridized carbons (Fsp3) is 0.481. The van der Waals surface area contributed by atoms with E-state index in [2.05, 4.69) is 15.6 Å². The molecule has 3 amide bonds. The number of amides is 3. The normalized spacial score (nSPS) is 20.6. The topological polar surface area (TPSA) is 101 Å². The second kappa shape index (κ2) is 10.1. The number of rotatable bonds is 4. The van der Waals surface area contributed by atoms with Gasteiger partial charge in [-0.05, 0) is 65.7 Å². The Hall–Kier alpha value is -3.42. The number of hydrogen-bond donors (Lipinski definition) is 2. The van der Waals surface area contributed by atoms with Crippen LogP contribution in [0.1, 0.15) is 69.9 Å². The van der Waals surface area contributed by atoms with Gasteiger partial charge in [-0.3, -0.25) is 14.6 Å². The van der Waals surface area contributed by atoms with E-state index in [4.69, 9.17) is 4.74 Å². The predicted octanol–water partition coefficient (Wildman–Crippen LogP) is 3.89. The molecule has 2 N–H and O–H groups in total. The van der Waals surface area contributed by atoms with Crippen molar-refractivity contribution in [3.05, 3.63) is 66.0 Å². The summed E-state index contributed by atoms with van der Waals surface area (Å²) >= 11 is 0. The minimum Gasteiger partial charge on any atom is -0.444 e. The van der Waals surface area contributed by atoms with E-state index >= 15 is 0 Å². The van der Waals surface area contributed by atoms with Gasteiger partial charge in [-0.2, -0.15) is 0 Å². The first-order chi connectivity index (χ1) is 16.3. The van der Waals surface area contributed by atoms with Crippen LogP contribution < -0.4 is 10.6 Å². The fourth-order valence-electron chi connectivity index (χ4n) is 4.17. The van der Waals surface area contributed by atoms with Crippen LogP contribution in [0.15, 0.2) is 54.7 Å². The lowest BCUT2D eigenvalue weighted by molar-refractivity contribution is -0.131. The van der Waals surface area contributed by atoms with Crippen LogP contribution >= 0.6 is 0 Å². The molecule has 1 aromatic heterocycles. The Bertz CT molecular complexity index is 1040. The van der Waals surface area contributed by atoms with Crippen LogP contribution in [0.25, 0.3) is 0 Å². The fourth-order valence-corrected chi connectivity index (χ4v) is 4.17. The van der Waals surface area contributed by atoms with Crippen molar-refractivity contribution in [2.75, 3.05) is 13.1 Å². The highest BCUT2D eigenvalue weighted by atomic mass is 16.6. The van der Waals surface area contributed by atoms with Gasteiger partial charge in [-0.1, -0.05) is 36.4 Å². The van der Waals surface area contributed by atoms with E-state index in [0.29, 0.717) is 13.0 Å². The number of likely N-dealkylation sites (tertiary alicyclic amines) is 1. The Morgan fingerprint density at radius 1 is 1.00 bits per heavy atom. The van der Waals surface area contributed by atoms with Crippen LogP contribution in [0.3, 0.4) is 0 Å². The molecular formula is C27H36N4O4. The molecule has 1 saturated heterocycles. The lowest BCUT2D eigenvalue weighted by Gasteiger charge is -2.46. The monoisotopic (exact) mass is 480 g/mol.